The zero-order chi connectivity index (χ0) is 26.6. The molecule has 0 aliphatic carbocycles. The average molecular weight is 499 g/mol. The smallest absolute Gasteiger partial charge is 0.414 e. The first-order chi connectivity index (χ1) is 16.6. The van der Waals surface area contributed by atoms with Gasteiger partial charge in [-0.1, -0.05) is 12.1 Å². The number of aliphatic hydroxyl groups is 1. The van der Waals surface area contributed by atoms with Gasteiger partial charge in [-0.15, -0.1) is 0 Å². The van der Waals surface area contributed by atoms with E-state index in [1.54, 1.807) is 0 Å². The lowest BCUT2D eigenvalue weighted by atomic mass is 10.2. The highest BCUT2D eigenvalue weighted by atomic mass is 16.5. The van der Waals surface area contributed by atoms with E-state index in [2.05, 4.69) is 16.3 Å². The summed E-state index contributed by atoms with van der Waals surface area (Å²) < 4.78 is 10.9. The van der Waals surface area contributed by atoms with E-state index in [0.717, 1.165) is 45.0 Å². The molecule has 1 aromatic rings. The number of aliphatic hydroxyl groups excluding tert-OH is 1. The highest BCUT2D eigenvalue weighted by molar-refractivity contribution is 6.27. The molecule has 2 rings (SSSR count). The van der Waals surface area contributed by atoms with E-state index < -0.39 is 30.0 Å². The van der Waals surface area contributed by atoms with Gasteiger partial charge in [0.05, 0.1) is 25.7 Å². The Labute approximate surface area is 200 Å². The first-order valence-corrected chi connectivity index (χ1v) is 10.3. The Hall–Kier alpha value is -3.77. The van der Waals surface area contributed by atoms with Crippen LogP contribution in [0.15, 0.2) is 24.3 Å². The number of ether oxygens (including phenoxy) is 2. The second kappa shape index (κ2) is 18.6. The van der Waals surface area contributed by atoms with Crippen LogP contribution in [0.5, 0.6) is 5.75 Å². The van der Waals surface area contributed by atoms with E-state index in [-0.39, 0.29) is 6.61 Å². The summed E-state index contributed by atoms with van der Waals surface area (Å²) in [7, 11) is 0. The standard InChI is InChI=1S/C17H25N3O3.2C2H2O4/c18-6-5-15-1-3-17(4-2-15)23-14-16(21)13-19-7-8-20-9-11-22-12-10-20;2*3-1(4)2(5)6/h1-4,16,19,21H,5,7-14H2;2*(H,3,4)(H,5,6). The van der Waals surface area contributed by atoms with Gasteiger partial charge in [-0.05, 0) is 17.7 Å². The molecule has 0 aromatic heterocycles. The predicted molar refractivity (Wildman–Crippen MR) is 118 cm³/mol. The van der Waals surface area contributed by atoms with Crippen molar-refractivity contribution in [2.45, 2.75) is 12.5 Å². The van der Waals surface area contributed by atoms with Crippen molar-refractivity contribution in [2.75, 3.05) is 52.5 Å². The van der Waals surface area contributed by atoms with Crippen molar-refractivity contribution in [1.82, 2.24) is 10.2 Å². The number of benzene rings is 1. The third-order valence-electron chi connectivity index (χ3n) is 4.10. The molecule has 0 saturated carbocycles. The molecule has 0 amide bonds. The summed E-state index contributed by atoms with van der Waals surface area (Å²) in [5.41, 5.74) is 0.963. The zero-order valence-electron chi connectivity index (χ0n) is 18.8. The lowest BCUT2D eigenvalue weighted by molar-refractivity contribution is -0.159. The first-order valence-electron chi connectivity index (χ1n) is 10.3. The number of nitrogens with one attached hydrogen (secondary N) is 1. The van der Waals surface area contributed by atoms with Crippen molar-refractivity contribution in [3.8, 4) is 11.8 Å². The minimum absolute atomic E-state index is 0.252. The highest BCUT2D eigenvalue weighted by Crippen LogP contribution is 2.12. The van der Waals surface area contributed by atoms with Gasteiger partial charge in [-0.2, -0.15) is 5.26 Å². The molecule has 1 unspecified atom stereocenters. The van der Waals surface area contributed by atoms with Crippen LogP contribution < -0.4 is 10.1 Å². The van der Waals surface area contributed by atoms with Gasteiger partial charge < -0.3 is 40.3 Å². The molecule has 14 nitrogen and oxygen atoms in total. The van der Waals surface area contributed by atoms with Gasteiger partial charge in [0.2, 0.25) is 0 Å². The van der Waals surface area contributed by atoms with Crippen LogP contribution in [0.1, 0.15) is 5.56 Å². The molecular formula is C21H29N3O11. The van der Waals surface area contributed by atoms with Crippen molar-refractivity contribution in [2.24, 2.45) is 0 Å². The summed E-state index contributed by atoms with van der Waals surface area (Å²) in [5, 5.41) is 51.4. The van der Waals surface area contributed by atoms with Gasteiger partial charge in [0.25, 0.3) is 0 Å². The topological polar surface area (TPSA) is 227 Å². The maximum atomic E-state index is 9.92. The average Bonchev–Trinajstić information content (AvgIpc) is 2.83. The lowest BCUT2D eigenvalue weighted by Crippen LogP contribution is -2.41. The second-order valence-corrected chi connectivity index (χ2v) is 6.82. The van der Waals surface area contributed by atoms with Gasteiger partial charge in [-0.25, -0.2) is 19.2 Å². The molecule has 1 saturated heterocycles. The van der Waals surface area contributed by atoms with E-state index in [4.69, 9.17) is 54.3 Å². The number of nitriles is 1. The number of carboxylic acid groups (broad SMARTS) is 4. The van der Waals surface area contributed by atoms with Crippen LogP contribution in [-0.2, 0) is 30.3 Å². The van der Waals surface area contributed by atoms with Gasteiger partial charge in [0, 0.05) is 32.7 Å². The maximum Gasteiger partial charge on any atom is 0.414 e. The second-order valence-electron chi connectivity index (χ2n) is 6.82. The highest BCUT2D eigenvalue weighted by Gasteiger charge is 2.10. The normalized spacial score (nSPS) is 13.5. The van der Waals surface area contributed by atoms with Gasteiger partial charge in [0.1, 0.15) is 18.5 Å². The Kier molecular flexibility index (Phi) is 16.6. The Balaban J connectivity index is 0.000000797. The Morgan fingerprint density at radius 1 is 1.00 bits per heavy atom. The Morgan fingerprint density at radius 2 is 1.51 bits per heavy atom. The Bertz CT molecular complexity index is 786. The van der Waals surface area contributed by atoms with Crippen LogP contribution in [0, 0.1) is 11.3 Å². The molecule has 1 aromatic carbocycles. The fourth-order valence-corrected chi connectivity index (χ4v) is 2.38. The monoisotopic (exact) mass is 499 g/mol. The molecule has 1 atom stereocenters. The Morgan fingerprint density at radius 3 is 1.97 bits per heavy atom. The molecule has 0 bridgehead atoms. The third kappa shape index (κ3) is 17.4. The number of hydrogen-bond acceptors (Lipinski definition) is 10. The molecule has 194 valence electrons. The summed E-state index contributed by atoms with van der Waals surface area (Å²) in [5.74, 6) is -6.59. The summed E-state index contributed by atoms with van der Waals surface area (Å²) in [6.45, 7) is 6.16. The van der Waals surface area contributed by atoms with Crippen LogP contribution in [0.25, 0.3) is 0 Å². The van der Waals surface area contributed by atoms with Crippen LogP contribution >= 0.6 is 0 Å². The van der Waals surface area contributed by atoms with Crippen LogP contribution in [0.4, 0.5) is 0 Å². The molecule has 14 heteroatoms. The molecule has 1 aliphatic rings. The van der Waals surface area contributed by atoms with E-state index in [0.29, 0.717) is 18.7 Å². The summed E-state index contributed by atoms with van der Waals surface area (Å²) in [6.07, 6.45) is -0.144. The minimum atomic E-state index is -1.82. The molecule has 6 N–H and O–H groups in total. The number of aliphatic carboxylic acids is 4. The molecule has 0 radical (unpaired) electrons. The van der Waals surface area contributed by atoms with E-state index in [9.17, 15) is 5.11 Å². The van der Waals surface area contributed by atoms with E-state index >= 15 is 0 Å². The van der Waals surface area contributed by atoms with E-state index in [1.807, 2.05) is 24.3 Å². The molecular weight excluding hydrogens is 470 g/mol. The number of nitrogens with zero attached hydrogens (tertiary/aromatic N) is 2. The lowest BCUT2D eigenvalue weighted by Gasteiger charge is -2.26. The molecule has 1 fully saturated rings. The maximum absolute atomic E-state index is 9.92. The van der Waals surface area contributed by atoms with Gasteiger partial charge in [-0.3, -0.25) is 4.90 Å². The van der Waals surface area contributed by atoms with Crippen molar-refractivity contribution >= 4 is 23.9 Å². The van der Waals surface area contributed by atoms with Crippen LogP contribution in [-0.4, -0.2) is 113 Å². The summed E-state index contributed by atoms with van der Waals surface area (Å²) in [4.78, 5) is 38.7. The number of hydrogen-bond donors (Lipinski definition) is 6. The first kappa shape index (κ1) is 31.2. The van der Waals surface area contributed by atoms with Gasteiger partial charge >= 0.3 is 23.9 Å². The third-order valence-corrected chi connectivity index (χ3v) is 4.10. The van der Waals surface area contributed by atoms with Crippen LogP contribution in [0.3, 0.4) is 0 Å². The minimum Gasteiger partial charge on any atom is -0.491 e. The SMILES string of the molecule is N#CCc1ccc(OCC(O)CNCCN2CCOCC2)cc1.O=C(O)C(=O)O.O=C(O)C(=O)O. The summed E-state index contributed by atoms with van der Waals surface area (Å²) in [6, 6.07) is 9.49. The van der Waals surface area contributed by atoms with Crippen molar-refractivity contribution in [3.05, 3.63) is 29.8 Å². The van der Waals surface area contributed by atoms with Crippen molar-refractivity contribution in [1.29, 1.82) is 5.26 Å². The van der Waals surface area contributed by atoms with Crippen molar-refractivity contribution in [3.63, 3.8) is 0 Å². The summed E-state index contributed by atoms with van der Waals surface area (Å²) >= 11 is 0. The quantitative estimate of drug-likeness (QED) is 0.172. The largest absolute Gasteiger partial charge is 0.491 e. The van der Waals surface area contributed by atoms with Crippen molar-refractivity contribution < 1.29 is 54.2 Å². The number of rotatable bonds is 9. The number of carboxylic acids is 4. The number of morpholine rings is 1. The molecule has 1 aliphatic heterocycles. The fourth-order valence-electron chi connectivity index (χ4n) is 2.38. The van der Waals surface area contributed by atoms with Crippen LogP contribution in [0.2, 0.25) is 0 Å². The fraction of sp³-hybridized carbons (Fsp3) is 0.476. The predicted octanol–water partition coefficient (Wildman–Crippen LogP) is -1.27. The van der Waals surface area contributed by atoms with E-state index in [1.165, 1.54) is 0 Å². The number of carbonyl (C=O) groups is 4. The molecule has 1 heterocycles. The zero-order valence-corrected chi connectivity index (χ0v) is 18.8. The van der Waals surface area contributed by atoms with Gasteiger partial charge in [0.15, 0.2) is 0 Å². The molecule has 35 heavy (non-hydrogen) atoms. The molecule has 0 spiro atoms.